The minimum absolute atomic E-state index is 0.00836. The minimum Gasteiger partial charge on any atom is -0.493 e. The first-order valence-corrected chi connectivity index (χ1v) is 12.6. The van der Waals surface area contributed by atoms with Gasteiger partial charge in [0.1, 0.15) is 24.0 Å². The number of hydrogen-bond acceptors (Lipinski definition) is 6. The molecule has 0 aliphatic heterocycles. The summed E-state index contributed by atoms with van der Waals surface area (Å²) in [7, 11) is 3.25. The Kier molecular flexibility index (Phi) is 7.40. The van der Waals surface area contributed by atoms with Crippen LogP contribution in [0.3, 0.4) is 0 Å². The SMILES string of the molecule is COc1cc2nc(C)nc(NC(C)c3cccc(-c4ccc(OCc5ccccc5)cc4)c3)c2cc1OC. The lowest BCUT2D eigenvalue weighted by molar-refractivity contribution is 0.306. The number of hydrogen-bond donors (Lipinski definition) is 1. The van der Waals surface area contributed by atoms with Crippen LogP contribution >= 0.6 is 0 Å². The van der Waals surface area contributed by atoms with Crippen molar-refractivity contribution in [3.05, 3.63) is 108 Å². The van der Waals surface area contributed by atoms with Crippen LogP contribution in [0.5, 0.6) is 17.2 Å². The molecule has 1 aromatic heterocycles. The van der Waals surface area contributed by atoms with E-state index in [0.29, 0.717) is 23.9 Å². The third-order valence-electron chi connectivity index (χ3n) is 6.49. The highest BCUT2D eigenvalue weighted by Crippen LogP contribution is 2.35. The number of nitrogens with one attached hydrogen (secondary N) is 1. The number of ether oxygens (including phenoxy) is 3. The molecule has 0 fully saturated rings. The average Bonchev–Trinajstić information content (AvgIpc) is 2.96. The fraction of sp³-hybridized carbons (Fsp3) is 0.188. The van der Waals surface area contributed by atoms with E-state index in [-0.39, 0.29) is 6.04 Å². The fourth-order valence-electron chi connectivity index (χ4n) is 4.44. The molecule has 0 spiro atoms. The maximum Gasteiger partial charge on any atom is 0.162 e. The fourth-order valence-corrected chi connectivity index (χ4v) is 4.44. The zero-order valence-corrected chi connectivity index (χ0v) is 22.1. The van der Waals surface area contributed by atoms with Crippen LogP contribution in [0.2, 0.25) is 0 Å². The Labute approximate surface area is 223 Å². The van der Waals surface area contributed by atoms with Gasteiger partial charge in [-0.3, -0.25) is 0 Å². The van der Waals surface area contributed by atoms with E-state index in [0.717, 1.165) is 44.7 Å². The van der Waals surface area contributed by atoms with Gasteiger partial charge in [-0.15, -0.1) is 0 Å². The number of nitrogens with zero attached hydrogens (tertiary/aromatic N) is 2. The highest BCUT2D eigenvalue weighted by Gasteiger charge is 2.15. The van der Waals surface area contributed by atoms with E-state index in [9.17, 15) is 0 Å². The number of rotatable bonds is 9. The zero-order chi connectivity index (χ0) is 26.5. The van der Waals surface area contributed by atoms with Gasteiger partial charge < -0.3 is 19.5 Å². The third kappa shape index (κ3) is 5.54. The van der Waals surface area contributed by atoms with Crippen LogP contribution in [0, 0.1) is 6.92 Å². The molecular formula is C32H31N3O3. The second-order valence-corrected chi connectivity index (χ2v) is 9.13. The van der Waals surface area contributed by atoms with Crippen molar-refractivity contribution >= 4 is 16.7 Å². The predicted octanol–water partition coefficient (Wildman–Crippen LogP) is 7.37. The Balaban J connectivity index is 1.35. The molecule has 38 heavy (non-hydrogen) atoms. The van der Waals surface area contributed by atoms with E-state index >= 15 is 0 Å². The van der Waals surface area contributed by atoms with Crippen molar-refractivity contribution in [3.63, 3.8) is 0 Å². The predicted molar refractivity (Wildman–Crippen MR) is 152 cm³/mol. The van der Waals surface area contributed by atoms with Crippen LogP contribution in [-0.2, 0) is 6.61 Å². The van der Waals surface area contributed by atoms with Gasteiger partial charge in [-0.1, -0.05) is 60.7 Å². The van der Waals surface area contributed by atoms with Crippen LogP contribution in [0.4, 0.5) is 5.82 Å². The first-order valence-electron chi connectivity index (χ1n) is 12.6. The lowest BCUT2D eigenvalue weighted by Crippen LogP contribution is -2.10. The van der Waals surface area contributed by atoms with Gasteiger partial charge >= 0.3 is 0 Å². The van der Waals surface area contributed by atoms with Gasteiger partial charge in [0.15, 0.2) is 11.5 Å². The van der Waals surface area contributed by atoms with E-state index in [2.05, 4.69) is 65.8 Å². The summed E-state index contributed by atoms with van der Waals surface area (Å²) in [5.74, 6) is 3.57. The Morgan fingerprint density at radius 3 is 2.24 bits per heavy atom. The molecule has 0 amide bonds. The summed E-state index contributed by atoms with van der Waals surface area (Å²) in [4.78, 5) is 9.29. The largest absolute Gasteiger partial charge is 0.493 e. The number of aryl methyl sites for hydroxylation is 1. The van der Waals surface area contributed by atoms with E-state index < -0.39 is 0 Å². The molecule has 6 nitrogen and oxygen atoms in total. The molecule has 0 aliphatic rings. The van der Waals surface area contributed by atoms with Crippen molar-refractivity contribution in [3.8, 4) is 28.4 Å². The smallest absolute Gasteiger partial charge is 0.162 e. The molecule has 6 heteroatoms. The van der Waals surface area contributed by atoms with E-state index in [1.165, 1.54) is 0 Å². The molecular weight excluding hydrogens is 474 g/mol. The van der Waals surface area contributed by atoms with Crippen molar-refractivity contribution < 1.29 is 14.2 Å². The van der Waals surface area contributed by atoms with Crippen LogP contribution in [0.15, 0.2) is 91.0 Å². The molecule has 1 unspecified atom stereocenters. The summed E-state index contributed by atoms with van der Waals surface area (Å²) in [6.07, 6.45) is 0. The summed E-state index contributed by atoms with van der Waals surface area (Å²) in [5.41, 5.74) is 5.37. The van der Waals surface area contributed by atoms with Gasteiger partial charge in [0, 0.05) is 17.5 Å². The molecule has 192 valence electrons. The Hall–Kier alpha value is -4.58. The molecule has 4 aromatic carbocycles. The Morgan fingerprint density at radius 1 is 0.763 bits per heavy atom. The summed E-state index contributed by atoms with van der Waals surface area (Å²) < 4.78 is 16.9. The van der Waals surface area contributed by atoms with E-state index in [4.69, 9.17) is 19.2 Å². The molecule has 0 aliphatic carbocycles. The van der Waals surface area contributed by atoms with Crippen molar-refractivity contribution in [2.45, 2.75) is 26.5 Å². The Morgan fingerprint density at radius 2 is 1.50 bits per heavy atom. The van der Waals surface area contributed by atoms with Gasteiger partial charge in [0.25, 0.3) is 0 Å². The number of benzene rings is 4. The Bertz CT molecular complexity index is 1540. The molecule has 0 saturated heterocycles. The molecule has 0 saturated carbocycles. The average molecular weight is 506 g/mol. The van der Waals surface area contributed by atoms with Crippen molar-refractivity contribution in [2.24, 2.45) is 0 Å². The molecule has 1 heterocycles. The molecule has 5 rings (SSSR count). The minimum atomic E-state index is 0.00836. The van der Waals surface area contributed by atoms with Gasteiger partial charge in [0.05, 0.1) is 19.7 Å². The summed E-state index contributed by atoms with van der Waals surface area (Å²) in [6.45, 7) is 4.57. The van der Waals surface area contributed by atoms with Gasteiger partial charge in [0.2, 0.25) is 0 Å². The second kappa shape index (κ2) is 11.2. The highest BCUT2D eigenvalue weighted by atomic mass is 16.5. The topological polar surface area (TPSA) is 65.5 Å². The van der Waals surface area contributed by atoms with E-state index in [1.807, 2.05) is 49.4 Å². The highest BCUT2D eigenvalue weighted by molar-refractivity contribution is 5.92. The second-order valence-electron chi connectivity index (χ2n) is 9.13. The molecule has 0 bridgehead atoms. The lowest BCUT2D eigenvalue weighted by Gasteiger charge is -2.18. The van der Waals surface area contributed by atoms with Crippen molar-refractivity contribution in [2.75, 3.05) is 19.5 Å². The van der Waals surface area contributed by atoms with Gasteiger partial charge in [-0.05, 0) is 60.4 Å². The maximum absolute atomic E-state index is 5.95. The quantitative estimate of drug-likeness (QED) is 0.226. The monoisotopic (exact) mass is 505 g/mol. The van der Waals surface area contributed by atoms with Gasteiger partial charge in [-0.25, -0.2) is 9.97 Å². The first kappa shape index (κ1) is 25.1. The first-order chi connectivity index (χ1) is 18.5. The number of anilines is 1. The van der Waals surface area contributed by atoms with Crippen LogP contribution < -0.4 is 19.5 Å². The van der Waals surface area contributed by atoms with Gasteiger partial charge in [-0.2, -0.15) is 0 Å². The summed E-state index contributed by atoms with van der Waals surface area (Å²) >= 11 is 0. The number of fused-ring (bicyclic) bond motifs is 1. The zero-order valence-electron chi connectivity index (χ0n) is 22.1. The summed E-state index contributed by atoms with van der Waals surface area (Å²) in [5, 5.41) is 4.46. The summed E-state index contributed by atoms with van der Waals surface area (Å²) in [6, 6.07) is 30.7. The molecule has 5 aromatic rings. The molecule has 1 N–H and O–H groups in total. The van der Waals surface area contributed by atoms with Crippen LogP contribution in [0.1, 0.15) is 29.9 Å². The molecule has 0 radical (unpaired) electrons. The van der Waals surface area contributed by atoms with E-state index in [1.54, 1.807) is 14.2 Å². The lowest BCUT2D eigenvalue weighted by atomic mass is 10.00. The third-order valence-corrected chi connectivity index (χ3v) is 6.49. The van der Waals surface area contributed by atoms with Crippen molar-refractivity contribution in [1.82, 2.24) is 9.97 Å². The standard InChI is InChI=1S/C32H31N3O3/c1-21(33-32-28-18-30(36-3)31(37-4)19-29(28)34-22(2)35-32)25-11-8-12-26(17-25)24-13-15-27(16-14-24)38-20-23-9-6-5-7-10-23/h5-19,21H,20H2,1-4H3,(H,33,34,35). The van der Waals surface area contributed by atoms with Crippen LogP contribution in [-0.4, -0.2) is 24.2 Å². The number of methoxy groups -OCH3 is 2. The maximum atomic E-state index is 5.95. The van der Waals surface area contributed by atoms with Crippen molar-refractivity contribution in [1.29, 1.82) is 0 Å². The number of aromatic nitrogens is 2. The normalized spacial score (nSPS) is 11.7. The van der Waals surface area contributed by atoms with Crippen LogP contribution in [0.25, 0.3) is 22.0 Å². The molecule has 1 atom stereocenters.